The Bertz CT molecular complexity index is 554. The Labute approximate surface area is 105 Å². The molecule has 4 N–H and O–H groups in total. The van der Waals surface area contributed by atoms with Crippen LogP contribution in [0.4, 0.5) is 5.69 Å². The molecule has 18 heavy (non-hydrogen) atoms. The number of anilines is 1. The second-order valence-corrected chi connectivity index (χ2v) is 4.30. The van der Waals surface area contributed by atoms with Gasteiger partial charge in [-0.3, -0.25) is 4.79 Å². The van der Waals surface area contributed by atoms with Gasteiger partial charge in [0.1, 0.15) is 0 Å². The van der Waals surface area contributed by atoms with Gasteiger partial charge >= 0.3 is 5.97 Å². The van der Waals surface area contributed by atoms with Crippen LogP contribution in [-0.2, 0) is 4.79 Å². The Morgan fingerprint density at radius 3 is 2.67 bits per heavy atom. The fraction of sp³-hybridized carbons (Fsp3) is 0.214. The molecule has 1 unspecified atom stereocenters. The van der Waals surface area contributed by atoms with E-state index in [1.54, 1.807) is 0 Å². The van der Waals surface area contributed by atoms with Gasteiger partial charge in [0.25, 0.3) is 0 Å². The van der Waals surface area contributed by atoms with Crippen molar-refractivity contribution in [1.29, 1.82) is 0 Å². The largest absolute Gasteiger partial charge is 0.481 e. The van der Waals surface area contributed by atoms with Crippen LogP contribution in [0.1, 0.15) is 6.42 Å². The summed E-state index contributed by atoms with van der Waals surface area (Å²) < 4.78 is 0. The SMILES string of the molecule is NC(CNc1ccc2ccccc2c1)CC(=O)O. The molecule has 0 heterocycles. The van der Waals surface area contributed by atoms with Crippen molar-refractivity contribution in [1.82, 2.24) is 0 Å². The highest BCUT2D eigenvalue weighted by molar-refractivity contribution is 5.85. The molecule has 94 valence electrons. The summed E-state index contributed by atoms with van der Waals surface area (Å²) in [6, 6.07) is 13.7. The maximum Gasteiger partial charge on any atom is 0.304 e. The fourth-order valence-corrected chi connectivity index (χ4v) is 1.84. The molecule has 4 nitrogen and oxygen atoms in total. The van der Waals surface area contributed by atoms with E-state index in [1.165, 1.54) is 5.39 Å². The third-order valence-corrected chi connectivity index (χ3v) is 2.75. The number of carbonyl (C=O) groups is 1. The van der Waals surface area contributed by atoms with Crippen LogP contribution >= 0.6 is 0 Å². The van der Waals surface area contributed by atoms with E-state index in [0.29, 0.717) is 6.54 Å². The molecule has 0 spiro atoms. The van der Waals surface area contributed by atoms with Gasteiger partial charge in [-0.1, -0.05) is 30.3 Å². The van der Waals surface area contributed by atoms with E-state index in [2.05, 4.69) is 11.4 Å². The van der Waals surface area contributed by atoms with E-state index in [0.717, 1.165) is 11.1 Å². The average Bonchev–Trinajstić information content (AvgIpc) is 2.35. The maximum absolute atomic E-state index is 10.5. The number of benzene rings is 2. The first-order valence-corrected chi connectivity index (χ1v) is 5.85. The van der Waals surface area contributed by atoms with Gasteiger partial charge in [0.05, 0.1) is 6.42 Å². The summed E-state index contributed by atoms with van der Waals surface area (Å²) in [6.45, 7) is 0.449. The molecular weight excluding hydrogens is 228 g/mol. The quantitative estimate of drug-likeness (QED) is 0.752. The monoisotopic (exact) mass is 244 g/mol. The molecule has 0 aromatic heterocycles. The summed E-state index contributed by atoms with van der Waals surface area (Å²) in [4.78, 5) is 10.5. The van der Waals surface area contributed by atoms with Gasteiger partial charge in [-0.2, -0.15) is 0 Å². The summed E-state index contributed by atoms with van der Waals surface area (Å²) in [5.41, 5.74) is 6.65. The van der Waals surface area contributed by atoms with Crippen molar-refractivity contribution < 1.29 is 9.90 Å². The van der Waals surface area contributed by atoms with Crippen molar-refractivity contribution in [3.8, 4) is 0 Å². The van der Waals surface area contributed by atoms with Crippen molar-refractivity contribution in [2.45, 2.75) is 12.5 Å². The second-order valence-electron chi connectivity index (χ2n) is 4.30. The summed E-state index contributed by atoms with van der Waals surface area (Å²) in [6.07, 6.45) is -0.0272. The smallest absolute Gasteiger partial charge is 0.304 e. The number of nitrogens with one attached hydrogen (secondary N) is 1. The molecule has 0 bridgehead atoms. The van der Waals surface area contributed by atoms with Crippen LogP contribution in [0.3, 0.4) is 0 Å². The molecule has 2 aromatic rings. The van der Waals surface area contributed by atoms with Crippen molar-refractivity contribution in [3.05, 3.63) is 42.5 Å². The molecule has 0 aliphatic carbocycles. The molecule has 0 radical (unpaired) electrons. The van der Waals surface area contributed by atoms with Crippen molar-refractivity contribution in [2.24, 2.45) is 5.73 Å². The van der Waals surface area contributed by atoms with E-state index in [4.69, 9.17) is 10.8 Å². The summed E-state index contributed by atoms with van der Waals surface area (Å²) in [5, 5.41) is 14.1. The number of hydrogen-bond acceptors (Lipinski definition) is 3. The lowest BCUT2D eigenvalue weighted by Crippen LogP contribution is -2.31. The van der Waals surface area contributed by atoms with Crippen LogP contribution in [0.2, 0.25) is 0 Å². The van der Waals surface area contributed by atoms with Crippen LogP contribution in [-0.4, -0.2) is 23.7 Å². The van der Waals surface area contributed by atoms with Gasteiger partial charge in [0.2, 0.25) is 0 Å². The second kappa shape index (κ2) is 5.51. The Kier molecular flexibility index (Phi) is 3.79. The van der Waals surface area contributed by atoms with Crippen molar-refractivity contribution >= 4 is 22.4 Å². The molecule has 1 atom stereocenters. The summed E-state index contributed by atoms with van der Waals surface area (Å²) >= 11 is 0. The first-order chi connectivity index (χ1) is 8.65. The van der Waals surface area contributed by atoms with Crippen LogP contribution in [0.15, 0.2) is 42.5 Å². The van der Waals surface area contributed by atoms with Gasteiger partial charge in [-0.05, 0) is 22.9 Å². The number of aliphatic carboxylic acids is 1. The van der Waals surface area contributed by atoms with Crippen LogP contribution < -0.4 is 11.1 Å². The fourth-order valence-electron chi connectivity index (χ4n) is 1.84. The van der Waals surface area contributed by atoms with Crippen LogP contribution in [0.5, 0.6) is 0 Å². The molecule has 2 aromatic carbocycles. The Morgan fingerprint density at radius 2 is 1.94 bits per heavy atom. The number of rotatable bonds is 5. The highest BCUT2D eigenvalue weighted by Crippen LogP contribution is 2.18. The lowest BCUT2D eigenvalue weighted by atomic mass is 10.1. The first-order valence-electron chi connectivity index (χ1n) is 5.85. The standard InChI is InChI=1S/C14H16N2O2/c15-12(8-14(17)18)9-16-13-6-5-10-3-1-2-4-11(10)7-13/h1-7,12,16H,8-9,15H2,(H,17,18). The van der Waals surface area contributed by atoms with E-state index >= 15 is 0 Å². The normalized spacial score (nSPS) is 12.3. The summed E-state index contributed by atoms with van der Waals surface area (Å²) in [7, 11) is 0. The van der Waals surface area contributed by atoms with Crippen molar-refractivity contribution in [3.63, 3.8) is 0 Å². The van der Waals surface area contributed by atoms with E-state index in [9.17, 15) is 4.79 Å². The minimum Gasteiger partial charge on any atom is -0.481 e. The van der Waals surface area contributed by atoms with Gasteiger partial charge in [0.15, 0.2) is 0 Å². The third kappa shape index (κ3) is 3.21. The molecule has 0 aliphatic heterocycles. The van der Waals surface area contributed by atoms with E-state index in [1.807, 2.05) is 36.4 Å². The Balaban J connectivity index is 2.01. The highest BCUT2D eigenvalue weighted by atomic mass is 16.4. The minimum atomic E-state index is -0.872. The first kappa shape index (κ1) is 12.4. The third-order valence-electron chi connectivity index (χ3n) is 2.75. The zero-order valence-corrected chi connectivity index (χ0v) is 9.97. The average molecular weight is 244 g/mol. The number of nitrogens with two attached hydrogens (primary N) is 1. The lowest BCUT2D eigenvalue weighted by molar-refractivity contribution is -0.137. The summed E-state index contributed by atoms with van der Waals surface area (Å²) in [5.74, 6) is -0.872. The molecule has 0 saturated heterocycles. The number of carboxylic acids is 1. The van der Waals surface area contributed by atoms with Gasteiger partial charge in [0, 0.05) is 18.3 Å². The molecule has 0 saturated carbocycles. The number of carboxylic acid groups (broad SMARTS) is 1. The molecule has 0 amide bonds. The molecular formula is C14H16N2O2. The molecule has 2 rings (SSSR count). The molecule has 4 heteroatoms. The molecule has 0 fully saturated rings. The molecule has 0 aliphatic rings. The minimum absolute atomic E-state index is 0.0272. The highest BCUT2D eigenvalue weighted by Gasteiger charge is 2.07. The predicted molar refractivity (Wildman–Crippen MR) is 72.7 cm³/mol. The van der Waals surface area contributed by atoms with Crippen molar-refractivity contribution in [2.75, 3.05) is 11.9 Å². The number of fused-ring (bicyclic) bond motifs is 1. The van der Waals surface area contributed by atoms with Crippen LogP contribution in [0, 0.1) is 0 Å². The van der Waals surface area contributed by atoms with E-state index in [-0.39, 0.29) is 12.5 Å². The number of hydrogen-bond donors (Lipinski definition) is 3. The topological polar surface area (TPSA) is 75.3 Å². The zero-order valence-electron chi connectivity index (χ0n) is 9.97. The Hall–Kier alpha value is -2.07. The maximum atomic E-state index is 10.5. The Morgan fingerprint density at radius 1 is 1.22 bits per heavy atom. The van der Waals surface area contributed by atoms with Gasteiger partial charge < -0.3 is 16.2 Å². The zero-order chi connectivity index (χ0) is 13.0. The van der Waals surface area contributed by atoms with Crippen LogP contribution in [0.25, 0.3) is 10.8 Å². The van der Waals surface area contributed by atoms with Gasteiger partial charge in [-0.25, -0.2) is 0 Å². The van der Waals surface area contributed by atoms with E-state index < -0.39 is 5.97 Å². The van der Waals surface area contributed by atoms with Gasteiger partial charge in [-0.15, -0.1) is 0 Å². The lowest BCUT2D eigenvalue weighted by Gasteiger charge is -2.12. The predicted octanol–water partition coefficient (Wildman–Crippen LogP) is 2.05.